The van der Waals surface area contributed by atoms with Gasteiger partial charge in [-0.1, -0.05) is 48.5 Å². The highest BCUT2D eigenvalue weighted by Crippen LogP contribution is 2.40. The van der Waals surface area contributed by atoms with Crippen LogP contribution in [0.15, 0.2) is 54.6 Å². The van der Waals surface area contributed by atoms with Gasteiger partial charge in [0.15, 0.2) is 9.84 Å². The van der Waals surface area contributed by atoms with Gasteiger partial charge in [0.25, 0.3) is 5.91 Å². The number of sulfone groups is 1. The highest BCUT2D eigenvalue weighted by atomic mass is 32.2. The van der Waals surface area contributed by atoms with Crippen molar-refractivity contribution in [2.24, 2.45) is 7.05 Å². The van der Waals surface area contributed by atoms with Crippen molar-refractivity contribution in [2.75, 3.05) is 18.6 Å². The average Bonchev–Trinajstić information content (AvgIpc) is 3.04. The van der Waals surface area contributed by atoms with E-state index in [1.807, 2.05) is 54.6 Å². The molecule has 1 aromatic heterocycles. The Bertz CT molecular complexity index is 1260. The molecule has 0 radical (unpaired) electrons. The van der Waals surface area contributed by atoms with Crippen molar-refractivity contribution in [3.05, 3.63) is 71.4 Å². The van der Waals surface area contributed by atoms with Crippen LogP contribution in [0.5, 0.6) is 0 Å². The minimum atomic E-state index is -3.58. The maximum atomic E-state index is 13.2. The monoisotopic (exact) mass is 424 g/mol. The van der Waals surface area contributed by atoms with Gasteiger partial charge in [-0.15, -0.1) is 0 Å². The summed E-state index contributed by atoms with van der Waals surface area (Å²) in [5.74, 6) is -1.29. The average molecular weight is 425 g/mol. The Morgan fingerprint density at radius 1 is 0.933 bits per heavy atom. The van der Waals surface area contributed by atoms with E-state index >= 15 is 0 Å². The Kier molecular flexibility index (Phi) is 4.81. The summed E-state index contributed by atoms with van der Waals surface area (Å²) in [6.45, 7) is 1.63. The number of fused-ring (bicyclic) bond motifs is 3. The Morgan fingerprint density at radius 2 is 1.57 bits per heavy atom. The quantitative estimate of drug-likeness (QED) is 0.590. The third-order valence-corrected chi connectivity index (χ3v) is 7.82. The zero-order chi connectivity index (χ0) is 21.7. The molecule has 0 bridgehead atoms. The predicted octanol–water partition coefficient (Wildman–Crippen LogP) is 2.71. The van der Waals surface area contributed by atoms with Crippen LogP contribution in [0.25, 0.3) is 10.9 Å². The van der Waals surface area contributed by atoms with Crippen molar-refractivity contribution in [3.63, 3.8) is 0 Å². The second kappa shape index (κ2) is 7.09. The molecule has 0 fully saturated rings. The summed E-state index contributed by atoms with van der Waals surface area (Å²) in [4.78, 5) is 27.2. The number of aryl methyl sites for hydroxylation is 2. The standard InChI is InChI=1S/C23H24N2O4S/c1-23(15-30(28,29)14-13-16-9-5-4-6-10-16)20-19(21(26)25(3)22(23)27)17-11-7-8-12-18(17)24(20)2/h4-12H,13-15H2,1-3H3. The van der Waals surface area contributed by atoms with Crippen LogP contribution in [-0.2, 0) is 33.5 Å². The predicted molar refractivity (Wildman–Crippen MR) is 116 cm³/mol. The summed E-state index contributed by atoms with van der Waals surface area (Å²) < 4.78 is 28.0. The van der Waals surface area contributed by atoms with Gasteiger partial charge in [0.1, 0.15) is 5.41 Å². The Hall–Kier alpha value is -2.93. The van der Waals surface area contributed by atoms with Crippen molar-refractivity contribution >= 4 is 32.6 Å². The Labute approximate surface area is 176 Å². The molecule has 30 heavy (non-hydrogen) atoms. The van der Waals surface area contributed by atoms with Crippen LogP contribution in [0.3, 0.4) is 0 Å². The minimum Gasteiger partial charge on any atom is -0.346 e. The lowest BCUT2D eigenvalue weighted by Gasteiger charge is -2.37. The van der Waals surface area contributed by atoms with Crippen molar-refractivity contribution in [1.29, 1.82) is 0 Å². The maximum Gasteiger partial charge on any atom is 0.262 e. The molecule has 1 atom stereocenters. The molecule has 6 nitrogen and oxygen atoms in total. The molecule has 3 aromatic rings. The number of rotatable bonds is 5. The smallest absolute Gasteiger partial charge is 0.262 e. The highest BCUT2D eigenvalue weighted by molar-refractivity contribution is 7.91. The molecule has 2 heterocycles. The van der Waals surface area contributed by atoms with Gasteiger partial charge in [0.05, 0.1) is 17.1 Å². The molecule has 2 amide bonds. The zero-order valence-corrected chi connectivity index (χ0v) is 18.1. The SMILES string of the molecule is CN1C(=O)c2c(n(C)c3ccccc23)C(C)(CS(=O)(=O)CCc2ccccc2)C1=O. The second-order valence-corrected chi connectivity index (χ2v) is 10.3. The van der Waals surface area contributed by atoms with Crippen molar-refractivity contribution in [2.45, 2.75) is 18.8 Å². The van der Waals surface area contributed by atoms with E-state index in [-0.39, 0.29) is 11.5 Å². The van der Waals surface area contributed by atoms with Gasteiger partial charge in [-0.3, -0.25) is 14.5 Å². The third kappa shape index (κ3) is 3.13. The normalized spacial score (nSPS) is 19.4. The number of imide groups is 1. The summed E-state index contributed by atoms with van der Waals surface area (Å²) in [7, 11) is -0.380. The number of para-hydroxylation sites is 1. The lowest BCUT2D eigenvalue weighted by Crippen LogP contribution is -2.55. The number of likely N-dealkylation sites (N-methyl/N-ethyl adjacent to an activating group) is 1. The molecule has 4 rings (SSSR count). The van der Waals surface area contributed by atoms with Crippen LogP contribution in [0.2, 0.25) is 0 Å². The van der Waals surface area contributed by atoms with E-state index < -0.39 is 27.1 Å². The summed E-state index contributed by atoms with van der Waals surface area (Å²) in [5.41, 5.74) is 1.27. The molecular formula is C23H24N2O4S. The van der Waals surface area contributed by atoms with Gasteiger partial charge in [0, 0.05) is 30.7 Å². The van der Waals surface area contributed by atoms with E-state index in [4.69, 9.17) is 0 Å². The fourth-order valence-electron chi connectivity index (χ4n) is 4.55. The van der Waals surface area contributed by atoms with Gasteiger partial charge >= 0.3 is 0 Å². The summed E-state index contributed by atoms with van der Waals surface area (Å²) in [5, 5.41) is 0.729. The largest absolute Gasteiger partial charge is 0.346 e. The summed E-state index contributed by atoms with van der Waals surface area (Å²) in [6.07, 6.45) is 0.379. The van der Waals surface area contributed by atoms with Gasteiger partial charge in [0.2, 0.25) is 5.91 Å². The lowest BCUT2D eigenvalue weighted by molar-refractivity contribution is -0.133. The maximum absolute atomic E-state index is 13.2. The minimum absolute atomic E-state index is 0.0587. The van der Waals surface area contributed by atoms with E-state index in [0.717, 1.165) is 21.4 Å². The van der Waals surface area contributed by atoms with Crippen molar-refractivity contribution < 1.29 is 18.0 Å². The van der Waals surface area contributed by atoms with Gasteiger partial charge in [-0.25, -0.2) is 8.42 Å². The van der Waals surface area contributed by atoms with Crippen LogP contribution in [0.4, 0.5) is 0 Å². The number of aromatic nitrogens is 1. The van der Waals surface area contributed by atoms with Gasteiger partial charge in [-0.05, 0) is 25.0 Å². The van der Waals surface area contributed by atoms with E-state index in [1.165, 1.54) is 7.05 Å². The molecule has 0 spiro atoms. The van der Waals surface area contributed by atoms with E-state index in [1.54, 1.807) is 18.5 Å². The first kappa shape index (κ1) is 20.3. The molecule has 156 valence electrons. The summed E-state index contributed by atoms with van der Waals surface area (Å²) >= 11 is 0. The van der Waals surface area contributed by atoms with Crippen LogP contribution in [-0.4, -0.2) is 48.3 Å². The summed E-state index contributed by atoms with van der Waals surface area (Å²) in [6, 6.07) is 16.8. The number of carbonyl (C=O) groups excluding carboxylic acids is 2. The van der Waals surface area contributed by atoms with Crippen LogP contribution in [0, 0.1) is 0 Å². The van der Waals surface area contributed by atoms with E-state index in [0.29, 0.717) is 17.7 Å². The topological polar surface area (TPSA) is 76.5 Å². The first-order valence-electron chi connectivity index (χ1n) is 9.80. The van der Waals surface area contributed by atoms with E-state index in [9.17, 15) is 18.0 Å². The number of amides is 2. The zero-order valence-electron chi connectivity index (χ0n) is 17.3. The molecule has 1 unspecified atom stereocenters. The van der Waals surface area contributed by atoms with Gasteiger partial charge in [-0.2, -0.15) is 0 Å². The second-order valence-electron chi connectivity index (χ2n) is 8.13. The molecule has 1 aliphatic heterocycles. The molecule has 0 saturated carbocycles. The molecule has 0 N–H and O–H groups in total. The molecular weight excluding hydrogens is 400 g/mol. The number of benzene rings is 2. The molecule has 1 aliphatic rings. The van der Waals surface area contributed by atoms with E-state index in [2.05, 4.69) is 0 Å². The first-order chi connectivity index (χ1) is 14.2. The van der Waals surface area contributed by atoms with Crippen LogP contribution >= 0.6 is 0 Å². The first-order valence-corrected chi connectivity index (χ1v) is 11.6. The van der Waals surface area contributed by atoms with Crippen molar-refractivity contribution in [3.8, 4) is 0 Å². The van der Waals surface area contributed by atoms with Crippen LogP contribution < -0.4 is 0 Å². The number of carbonyl (C=O) groups is 2. The number of hydrogen-bond donors (Lipinski definition) is 0. The lowest BCUT2D eigenvalue weighted by atomic mass is 9.81. The third-order valence-electron chi connectivity index (χ3n) is 5.98. The van der Waals surface area contributed by atoms with Crippen molar-refractivity contribution in [1.82, 2.24) is 9.47 Å². The fourth-order valence-corrected chi connectivity index (χ4v) is 6.38. The molecule has 7 heteroatoms. The molecule has 2 aromatic carbocycles. The van der Waals surface area contributed by atoms with Gasteiger partial charge < -0.3 is 4.57 Å². The Morgan fingerprint density at radius 3 is 2.27 bits per heavy atom. The highest BCUT2D eigenvalue weighted by Gasteiger charge is 2.51. The number of hydrogen-bond acceptors (Lipinski definition) is 4. The number of nitrogens with zero attached hydrogens (tertiary/aromatic N) is 2. The fraction of sp³-hybridized carbons (Fsp3) is 0.304. The molecule has 0 saturated heterocycles. The Balaban J connectivity index is 1.78. The van der Waals surface area contributed by atoms with Crippen LogP contribution in [0.1, 0.15) is 28.5 Å². The molecule has 0 aliphatic carbocycles.